The Morgan fingerprint density at radius 2 is 2.07 bits per heavy atom. The molecule has 1 nitrogen and oxygen atoms in total. The third-order valence-corrected chi connectivity index (χ3v) is 5.47. The van der Waals surface area contributed by atoms with Crippen LogP contribution in [0.25, 0.3) is 0 Å². The van der Waals surface area contributed by atoms with Crippen LogP contribution < -0.4 is 5.73 Å². The molecule has 0 radical (unpaired) electrons. The van der Waals surface area contributed by atoms with Gasteiger partial charge in [-0.3, -0.25) is 0 Å². The molecule has 0 atom stereocenters. The minimum absolute atomic E-state index is 0.865. The average molecular weight is 333 g/mol. The summed E-state index contributed by atoms with van der Waals surface area (Å²) in [6.45, 7) is 0. The van der Waals surface area contributed by atoms with Gasteiger partial charge < -0.3 is 5.73 Å². The van der Waals surface area contributed by atoms with Crippen LogP contribution in [0.15, 0.2) is 23.1 Å². The van der Waals surface area contributed by atoms with Gasteiger partial charge in [0.15, 0.2) is 0 Å². The van der Waals surface area contributed by atoms with E-state index in [9.17, 15) is 0 Å². The number of hydrogen-bond donors (Lipinski definition) is 1. The first kappa shape index (κ1) is 11.6. The third-order valence-electron chi connectivity index (χ3n) is 2.91. The fraction of sp³-hybridized carbons (Fsp3) is 0.500. The summed E-state index contributed by atoms with van der Waals surface area (Å²) in [4.78, 5) is 1.39. The van der Waals surface area contributed by atoms with Gasteiger partial charge in [0.05, 0.1) is 0 Å². The molecule has 2 N–H and O–H groups in total. The van der Waals surface area contributed by atoms with E-state index in [4.69, 9.17) is 5.73 Å². The van der Waals surface area contributed by atoms with Gasteiger partial charge in [-0.2, -0.15) is 0 Å². The summed E-state index contributed by atoms with van der Waals surface area (Å²) in [5, 5.41) is 0. The number of benzene rings is 1. The SMILES string of the molecule is Nc1ccc(SCC2CCCC2)c(I)c1. The topological polar surface area (TPSA) is 26.0 Å². The molecular weight excluding hydrogens is 317 g/mol. The van der Waals surface area contributed by atoms with Crippen molar-refractivity contribution < 1.29 is 0 Å². The maximum absolute atomic E-state index is 5.73. The van der Waals surface area contributed by atoms with Crippen LogP contribution in [0.5, 0.6) is 0 Å². The van der Waals surface area contributed by atoms with Crippen LogP contribution in [0.4, 0.5) is 5.69 Å². The van der Waals surface area contributed by atoms with E-state index in [1.54, 1.807) is 0 Å². The Balaban J connectivity index is 1.92. The lowest BCUT2D eigenvalue weighted by Crippen LogP contribution is -1.97. The van der Waals surface area contributed by atoms with E-state index in [0.717, 1.165) is 11.6 Å². The van der Waals surface area contributed by atoms with Crippen LogP contribution >= 0.6 is 34.4 Å². The monoisotopic (exact) mass is 333 g/mol. The number of thioether (sulfide) groups is 1. The Morgan fingerprint density at radius 1 is 1.33 bits per heavy atom. The summed E-state index contributed by atoms with van der Waals surface area (Å²) in [5.41, 5.74) is 6.60. The summed E-state index contributed by atoms with van der Waals surface area (Å²) in [7, 11) is 0. The van der Waals surface area contributed by atoms with Crippen molar-refractivity contribution in [2.45, 2.75) is 30.6 Å². The molecule has 2 rings (SSSR count). The first-order chi connectivity index (χ1) is 7.25. The highest BCUT2D eigenvalue weighted by atomic mass is 127. The van der Waals surface area contributed by atoms with E-state index >= 15 is 0 Å². The fourth-order valence-electron chi connectivity index (χ4n) is 2.02. The summed E-state index contributed by atoms with van der Waals surface area (Å²) in [6, 6.07) is 6.20. The molecule has 0 spiro atoms. The van der Waals surface area contributed by atoms with Crippen molar-refractivity contribution in [3.8, 4) is 0 Å². The number of hydrogen-bond acceptors (Lipinski definition) is 2. The van der Waals surface area contributed by atoms with E-state index in [2.05, 4.69) is 34.7 Å². The largest absolute Gasteiger partial charge is 0.399 e. The molecule has 0 heterocycles. The van der Waals surface area contributed by atoms with Crippen molar-refractivity contribution in [3.05, 3.63) is 21.8 Å². The van der Waals surface area contributed by atoms with Crippen molar-refractivity contribution in [2.75, 3.05) is 11.5 Å². The van der Waals surface area contributed by atoms with Crippen molar-refractivity contribution in [1.29, 1.82) is 0 Å². The second-order valence-corrected chi connectivity index (χ2v) is 6.38. The van der Waals surface area contributed by atoms with Crippen molar-refractivity contribution in [1.82, 2.24) is 0 Å². The number of anilines is 1. The molecule has 15 heavy (non-hydrogen) atoms. The van der Waals surface area contributed by atoms with Crippen LogP contribution in [0.1, 0.15) is 25.7 Å². The van der Waals surface area contributed by atoms with Gasteiger partial charge in [0.1, 0.15) is 0 Å². The Kier molecular flexibility index (Phi) is 4.20. The molecule has 0 bridgehead atoms. The van der Waals surface area contributed by atoms with Gasteiger partial charge in [-0.25, -0.2) is 0 Å². The fourth-order valence-corrected chi connectivity index (χ4v) is 4.13. The maximum Gasteiger partial charge on any atom is 0.0325 e. The van der Waals surface area contributed by atoms with E-state index < -0.39 is 0 Å². The first-order valence-electron chi connectivity index (χ1n) is 5.43. The lowest BCUT2D eigenvalue weighted by molar-refractivity contribution is 0.623. The molecular formula is C12H16INS. The Bertz CT molecular complexity index is 334. The number of nitrogen functional groups attached to an aromatic ring is 1. The molecule has 1 aliphatic carbocycles. The van der Waals surface area contributed by atoms with Gasteiger partial charge >= 0.3 is 0 Å². The van der Waals surface area contributed by atoms with Crippen molar-refractivity contribution in [3.63, 3.8) is 0 Å². The summed E-state index contributed by atoms with van der Waals surface area (Å²) < 4.78 is 1.29. The number of rotatable bonds is 3. The number of nitrogens with two attached hydrogens (primary N) is 1. The van der Waals surface area contributed by atoms with Gasteiger partial charge in [-0.1, -0.05) is 12.8 Å². The highest BCUT2D eigenvalue weighted by Crippen LogP contribution is 2.33. The van der Waals surface area contributed by atoms with Gasteiger partial charge in [0.25, 0.3) is 0 Å². The Morgan fingerprint density at radius 3 is 2.73 bits per heavy atom. The first-order valence-corrected chi connectivity index (χ1v) is 7.50. The summed E-state index contributed by atoms with van der Waals surface area (Å²) >= 11 is 4.36. The van der Waals surface area contributed by atoms with Crippen LogP contribution in [-0.2, 0) is 0 Å². The van der Waals surface area contributed by atoms with Crippen LogP contribution in [0.2, 0.25) is 0 Å². The zero-order valence-electron chi connectivity index (χ0n) is 8.71. The zero-order chi connectivity index (χ0) is 10.7. The zero-order valence-corrected chi connectivity index (χ0v) is 11.7. The summed E-state index contributed by atoms with van der Waals surface area (Å²) in [6.07, 6.45) is 5.73. The molecule has 1 saturated carbocycles. The minimum Gasteiger partial charge on any atom is -0.399 e. The molecule has 1 aromatic carbocycles. The lowest BCUT2D eigenvalue weighted by atomic mass is 10.1. The molecule has 3 heteroatoms. The molecule has 82 valence electrons. The van der Waals surface area contributed by atoms with E-state index in [1.807, 2.05) is 17.8 Å². The highest BCUT2D eigenvalue weighted by Gasteiger charge is 2.15. The standard InChI is InChI=1S/C12H16INS/c13-11-7-10(14)5-6-12(11)15-8-9-3-1-2-4-9/h5-7,9H,1-4,8,14H2. The molecule has 1 aliphatic rings. The van der Waals surface area contributed by atoms with Crippen LogP contribution in [0, 0.1) is 9.49 Å². The molecule has 0 aliphatic heterocycles. The smallest absolute Gasteiger partial charge is 0.0325 e. The quantitative estimate of drug-likeness (QED) is 0.511. The molecule has 1 aromatic rings. The molecule has 1 fully saturated rings. The van der Waals surface area contributed by atoms with E-state index in [0.29, 0.717) is 0 Å². The van der Waals surface area contributed by atoms with E-state index in [1.165, 1.54) is 39.9 Å². The average Bonchev–Trinajstić information content (AvgIpc) is 2.69. The molecule has 0 saturated heterocycles. The third kappa shape index (κ3) is 3.28. The highest BCUT2D eigenvalue weighted by molar-refractivity contribution is 14.1. The van der Waals surface area contributed by atoms with E-state index in [-0.39, 0.29) is 0 Å². The predicted octanol–water partition coefficient (Wildman–Crippen LogP) is 4.16. The van der Waals surface area contributed by atoms with Crippen LogP contribution in [-0.4, -0.2) is 5.75 Å². The Labute approximate surface area is 109 Å². The predicted molar refractivity (Wildman–Crippen MR) is 76.3 cm³/mol. The van der Waals surface area contributed by atoms with Crippen molar-refractivity contribution >= 4 is 40.0 Å². The Hall–Kier alpha value is 0.1000. The van der Waals surface area contributed by atoms with Gasteiger partial charge in [0, 0.05) is 19.9 Å². The summed E-state index contributed by atoms with van der Waals surface area (Å²) in [5.74, 6) is 2.23. The second kappa shape index (κ2) is 5.43. The second-order valence-electron chi connectivity index (χ2n) is 4.15. The molecule has 0 unspecified atom stereocenters. The normalized spacial score (nSPS) is 17.1. The van der Waals surface area contributed by atoms with Crippen LogP contribution in [0.3, 0.4) is 0 Å². The van der Waals surface area contributed by atoms with Crippen molar-refractivity contribution in [2.24, 2.45) is 5.92 Å². The lowest BCUT2D eigenvalue weighted by Gasteiger charge is -2.09. The minimum atomic E-state index is 0.865. The maximum atomic E-state index is 5.73. The molecule has 0 amide bonds. The van der Waals surface area contributed by atoms with Gasteiger partial charge in [-0.05, 0) is 59.5 Å². The van der Waals surface area contributed by atoms with Gasteiger partial charge in [-0.15, -0.1) is 11.8 Å². The van der Waals surface area contributed by atoms with Gasteiger partial charge in [0.2, 0.25) is 0 Å². The molecule has 0 aromatic heterocycles. The number of halogens is 1.